The minimum absolute atomic E-state index is 0.0443. The Morgan fingerprint density at radius 2 is 1.68 bits per heavy atom. The summed E-state index contributed by atoms with van der Waals surface area (Å²) < 4.78 is 0. The fourth-order valence-electron chi connectivity index (χ4n) is 2.47. The van der Waals surface area contributed by atoms with E-state index >= 15 is 0 Å². The number of benzene rings is 2. The van der Waals surface area contributed by atoms with Crippen molar-refractivity contribution in [2.24, 2.45) is 0 Å². The zero-order valence-electron chi connectivity index (χ0n) is 12.4. The molecule has 0 aromatic heterocycles. The number of thioether (sulfide) groups is 1. The maximum absolute atomic E-state index is 12.4. The van der Waals surface area contributed by atoms with Gasteiger partial charge in [0, 0.05) is 0 Å². The predicted molar refractivity (Wildman–Crippen MR) is 98.4 cm³/mol. The van der Waals surface area contributed by atoms with Gasteiger partial charge in [0.1, 0.15) is 4.99 Å². The predicted octanol–water partition coefficient (Wildman–Crippen LogP) is 5.35. The van der Waals surface area contributed by atoms with E-state index in [0.717, 1.165) is 27.3 Å². The summed E-state index contributed by atoms with van der Waals surface area (Å²) in [5, 5.41) is -0.0443. The highest BCUT2D eigenvalue weighted by Crippen LogP contribution is 2.37. The molecule has 4 heteroatoms. The van der Waals surface area contributed by atoms with Crippen LogP contribution in [0.15, 0.2) is 53.4 Å². The molecule has 1 heterocycles. The van der Waals surface area contributed by atoms with Crippen molar-refractivity contribution >= 4 is 46.0 Å². The van der Waals surface area contributed by atoms with Crippen molar-refractivity contribution in [3.8, 4) is 0 Å². The second kappa shape index (κ2) is 6.07. The van der Waals surface area contributed by atoms with Crippen LogP contribution in [0.5, 0.6) is 0 Å². The Morgan fingerprint density at radius 1 is 1.05 bits per heavy atom. The lowest BCUT2D eigenvalue weighted by atomic mass is 10.1. The lowest BCUT2D eigenvalue weighted by Gasteiger charge is -2.16. The van der Waals surface area contributed by atoms with Crippen molar-refractivity contribution in [1.82, 2.24) is 0 Å². The van der Waals surface area contributed by atoms with Gasteiger partial charge in [0.05, 0.1) is 10.6 Å². The fraction of sp³-hybridized carbons (Fsp3) is 0.111. The number of anilines is 1. The summed E-state index contributed by atoms with van der Waals surface area (Å²) in [4.78, 5) is 15.4. The Balaban J connectivity index is 1.97. The largest absolute Gasteiger partial charge is 0.296 e. The Kier molecular flexibility index (Phi) is 4.14. The molecule has 2 aromatic rings. The normalized spacial score (nSPS) is 16.6. The third-order valence-corrected chi connectivity index (χ3v) is 4.78. The summed E-state index contributed by atoms with van der Waals surface area (Å²) in [6, 6.07) is 16.0. The number of thiocarbonyl (C=S) groups is 1. The van der Waals surface area contributed by atoms with Gasteiger partial charge in [-0.25, -0.2) is 0 Å². The van der Waals surface area contributed by atoms with E-state index in [9.17, 15) is 4.79 Å². The molecular weight excluding hydrogens is 310 g/mol. The number of amides is 1. The lowest BCUT2D eigenvalue weighted by molar-refractivity contribution is 0.268. The van der Waals surface area contributed by atoms with Gasteiger partial charge >= 0.3 is 0 Å². The standard InChI is InChI=1S/C18H15NOS2/c1-12-8-13(2)10-15(9-12)19-17(21)16(22-18(19)20)11-14-6-4-3-5-7-14/h3-11H,1-2H3/b16-11-. The van der Waals surface area contributed by atoms with Crippen LogP contribution in [0.25, 0.3) is 6.08 Å². The molecule has 0 saturated carbocycles. The van der Waals surface area contributed by atoms with E-state index < -0.39 is 0 Å². The van der Waals surface area contributed by atoms with Crippen LogP contribution < -0.4 is 4.90 Å². The number of nitrogens with zero attached hydrogens (tertiary/aromatic N) is 1. The topological polar surface area (TPSA) is 20.3 Å². The molecule has 0 spiro atoms. The van der Waals surface area contributed by atoms with E-state index in [4.69, 9.17) is 12.2 Å². The molecule has 1 aliphatic rings. The maximum Gasteiger partial charge on any atom is 0.296 e. The minimum Gasteiger partial charge on any atom is -0.261 e. The van der Waals surface area contributed by atoms with Crippen LogP contribution >= 0.6 is 24.0 Å². The van der Waals surface area contributed by atoms with Gasteiger partial charge in [-0.3, -0.25) is 9.69 Å². The summed E-state index contributed by atoms with van der Waals surface area (Å²) in [5.74, 6) is 0. The number of carbonyl (C=O) groups excluding carboxylic acids is 1. The molecule has 1 amide bonds. The maximum atomic E-state index is 12.4. The quantitative estimate of drug-likeness (QED) is 0.549. The van der Waals surface area contributed by atoms with Crippen molar-refractivity contribution in [3.05, 3.63) is 70.1 Å². The molecule has 110 valence electrons. The number of hydrogen-bond acceptors (Lipinski definition) is 3. The highest BCUT2D eigenvalue weighted by atomic mass is 32.2. The Labute approximate surface area is 139 Å². The number of rotatable bonds is 2. The Bertz CT molecular complexity index is 761. The van der Waals surface area contributed by atoms with Gasteiger partial charge in [0.2, 0.25) is 0 Å². The molecule has 0 N–H and O–H groups in total. The van der Waals surface area contributed by atoms with Gasteiger partial charge < -0.3 is 0 Å². The molecule has 0 atom stereocenters. The van der Waals surface area contributed by atoms with Gasteiger partial charge in [0.25, 0.3) is 5.24 Å². The van der Waals surface area contributed by atoms with Crippen molar-refractivity contribution in [3.63, 3.8) is 0 Å². The third-order valence-electron chi connectivity index (χ3n) is 3.36. The summed E-state index contributed by atoms with van der Waals surface area (Å²) in [6.07, 6.45) is 1.97. The SMILES string of the molecule is Cc1cc(C)cc(N2C(=O)S/C(=C\c3ccccc3)C2=S)c1. The van der Waals surface area contributed by atoms with Gasteiger partial charge in [-0.1, -0.05) is 48.6 Å². The van der Waals surface area contributed by atoms with Crippen LogP contribution in [0.4, 0.5) is 10.5 Å². The smallest absolute Gasteiger partial charge is 0.261 e. The monoisotopic (exact) mass is 325 g/mol. The van der Waals surface area contributed by atoms with E-state index in [0.29, 0.717) is 4.99 Å². The molecule has 1 aliphatic heterocycles. The highest BCUT2D eigenvalue weighted by Gasteiger charge is 2.33. The second-order valence-electron chi connectivity index (χ2n) is 5.27. The van der Waals surface area contributed by atoms with E-state index in [-0.39, 0.29) is 5.24 Å². The molecular formula is C18H15NOS2. The van der Waals surface area contributed by atoms with Crippen LogP contribution in [0, 0.1) is 13.8 Å². The van der Waals surface area contributed by atoms with Gasteiger partial charge in [-0.05, 0) is 60.5 Å². The molecule has 1 fully saturated rings. The minimum atomic E-state index is -0.0443. The number of aryl methyl sites for hydroxylation is 2. The molecule has 3 rings (SSSR count). The first-order valence-electron chi connectivity index (χ1n) is 6.96. The first-order valence-corrected chi connectivity index (χ1v) is 8.18. The van der Waals surface area contributed by atoms with Gasteiger partial charge in [-0.15, -0.1) is 0 Å². The van der Waals surface area contributed by atoms with Crippen LogP contribution in [0.3, 0.4) is 0 Å². The van der Waals surface area contributed by atoms with Crippen LogP contribution in [0.1, 0.15) is 16.7 Å². The molecule has 0 bridgehead atoms. The van der Waals surface area contributed by atoms with Crippen LogP contribution in [-0.2, 0) is 0 Å². The second-order valence-corrected chi connectivity index (χ2v) is 6.65. The average molecular weight is 325 g/mol. The summed E-state index contributed by atoms with van der Waals surface area (Å²) in [5.41, 5.74) is 4.13. The molecule has 2 nitrogen and oxygen atoms in total. The molecule has 2 aromatic carbocycles. The van der Waals surface area contributed by atoms with Crippen molar-refractivity contribution < 1.29 is 4.79 Å². The zero-order chi connectivity index (χ0) is 15.7. The summed E-state index contributed by atoms with van der Waals surface area (Å²) in [6.45, 7) is 4.04. The van der Waals surface area contributed by atoms with Crippen molar-refractivity contribution in [2.75, 3.05) is 4.90 Å². The van der Waals surface area contributed by atoms with Crippen molar-refractivity contribution in [1.29, 1.82) is 0 Å². The molecule has 1 saturated heterocycles. The molecule has 0 radical (unpaired) electrons. The highest BCUT2D eigenvalue weighted by molar-refractivity contribution is 8.20. The van der Waals surface area contributed by atoms with E-state index in [1.807, 2.05) is 62.4 Å². The summed E-state index contributed by atoms with van der Waals surface area (Å²) >= 11 is 6.71. The fourth-order valence-corrected chi connectivity index (χ4v) is 3.75. The molecule has 22 heavy (non-hydrogen) atoms. The average Bonchev–Trinajstić information content (AvgIpc) is 2.73. The first kappa shape index (κ1) is 15.0. The Morgan fingerprint density at radius 3 is 2.32 bits per heavy atom. The lowest BCUT2D eigenvalue weighted by Crippen LogP contribution is -2.26. The van der Waals surface area contributed by atoms with E-state index in [1.165, 1.54) is 11.8 Å². The van der Waals surface area contributed by atoms with Crippen molar-refractivity contribution in [2.45, 2.75) is 13.8 Å². The Hall–Kier alpha value is -1.91. The molecule has 0 aliphatic carbocycles. The van der Waals surface area contributed by atoms with Crippen LogP contribution in [0.2, 0.25) is 0 Å². The number of carbonyl (C=O) groups is 1. The zero-order valence-corrected chi connectivity index (χ0v) is 14.0. The number of hydrogen-bond donors (Lipinski definition) is 0. The van der Waals surface area contributed by atoms with Gasteiger partial charge in [-0.2, -0.15) is 0 Å². The third kappa shape index (κ3) is 2.98. The van der Waals surface area contributed by atoms with Gasteiger partial charge in [0.15, 0.2) is 0 Å². The van der Waals surface area contributed by atoms with E-state index in [2.05, 4.69) is 6.07 Å². The van der Waals surface area contributed by atoms with Crippen LogP contribution in [-0.4, -0.2) is 10.2 Å². The summed E-state index contributed by atoms with van der Waals surface area (Å²) in [7, 11) is 0. The molecule has 0 unspecified atom stereocenters. The first-order chi connectivity index (χ1) is 10.5. The van der Waals surface area contributed by atoms with E-state index in [1.54, 1.807) is 4.90 Å².